The van der Waals surface area contributed by atoms with E-state index in [1.807, 2.05) is 24.4 Å². The summed E-state index contributed by atoms with van der Waals surface area (Å²) in [4.78, 5) is 12.7. The Hall–Kier alpha value is -2.17. The van der Waals surface area contributed by atoms with Gasteiger partial charge in [0.1, 0.15) is 5.82 Å². The highest BCUT2D eigenvalue weighted by atomic mass is 15.1. The highest BCUT2D eigenvalue weighted by Gasteiger charge is 2.06. The second-order valence-electron chi connectivity index (χ2n) is 4.70. The van der Waals surface area contributed by atoms with Gasteiger partial charge in [0.2, 0.25) is 5.95 Å². The van der Waals surface area contributed by atoms with Crippen molar-refractivity contribution in [1.29, 1.82) is 0 Å². The molecule has 0 aliphatic heterocycles. The van der Waals surface area contributed by atoms with Crippen LogP contribution >= 0.6 is 0 Å². The molecule has 20 heavy (non-hydrogen) atoms. The molecule has 0 aliphatic rings. The van der Waals surface area contributed by atoms with E-state index >= 15 is 0 Å². The van der Waals surface area contributed by atoms with Gasteiger partial charge in [-0.15, -0.1) is 0 Å². The standard InChI is InChI=1S/C15H21N5/c1-2-3-9-18-14-12(11-19-15(16)20-14)7-8-13-6-4-5-10-17-13/h4-6,10-11H,2-3,7-9H2,1H3,(H3,16,18,19,20). The third-order valence-electron chi connectivity index (χ3n) is 3.08. The molecular weight excluding hydrogens is 250 g/mol. The van der Waals surface area contributed by atoms with Crippen molar-refractivity contribution in [2.45, 2.75) is 32.6 Å². The maximum atomic E-state index is 5.66. The summed E-state index contributed by atoms with van der Waals surface area (Å²) in [5.74, 6) is 1.16. The Morgan fingerprint density at radius 1 is 1.20 bits per heavy atom. The van der Waals surface area contributed by atoms with Gasteiger partial charge in [0, 0.05) is 30.2 Å². The zero-order valence-corrected chi connectivity index (χ0v) is 11.8. The Bertz CT molecular complexity index is 527. The van der Waals surface area contributed by atoms with Gasteiger partial charge in [0.15, 0.2) is 0 Å². The first-order valence-corrected chi connectivity index (χ1v) is 7.04. The van der Waals surface area contributed by atoms with Crippen LogP contribution in [0, 0.1) is 0 Å². The lowest BCUT2D eigenvalue weighted by Gasteiger charge is -2.10. The fraction of sp³-hybridized carbons (Fsp3) is 0.400. The molecule has 0 aliphatic carbocycles. The SMILES string of the molecule is CCCCNc1nc(N)ncc1CCc1ccccn1. The number of nitrogen functional groups attached to an aromatic ring is 1. The number of anilines is 2. The number of unbranched alkanes of at least 4 members (excludes halogenated alkanes) is 1. The van der Waals surface area contributed by atoms with Crippen molar-refractivity contribution in [2.75, 3.05) is 17.6 Å². The molecule has 5 nitrogen and oxygen atoms in total. The summed E-state index contributed by atoms with van der Waals surface area (Å²) in [5.41, 5.74) is 7.82. The van der Waals surface area contributed by atoms with Gasteiger partial charge in [0.25, 0.3) is 0 Å². The molecule has 0 radical (unpaired) electrons. The number of aryl methyl sites for hydroxylation is 2. The van der Waals surface area contributed by atoms with Crippen LogP contribution in [0.3, 0.4) is 0 Å². The maximum absolute atomic E-state index is 5.66. The van der Waals surface area contributed by atoms with E-state index in [9.17, 15) is 0 Å². The summed E-state index contributed by atoms with van der Waals surface area (Å²) in [6.07, 6.45) is 7.61. The predicted octanol–water partition coefficient (Wildman–Crippen LogP) is 2.45. The molecule has 2 aromatic heterocycles. The predicted molar refractivity (Wildman–Crippen MR) is 81.5 cm³/mol. The van der Waals surface area contributed by atoms with Crippen LogP contribution in [-0.4, -0.2) is 21.5 Å². The molecule has 0 atom stereocenters. The molecule has 0 aromatic carbocycles. The highest BCUT2D eigenvalue weighted by Crippen LogP contribution is 2.15. The lowest BCUT2D eigenvalue weighted by Crippen LogP contribution is -2.09. The average Bonchev–Trinajstić information content (AvgIpc) is 2.48. The first kappa shape index (κ1) is 14.2. The van der Waals surface area contributed by atoms with Gasteiger partial charge in [-0.1, -0.05) is 19.4 Å². The van der Waals surface area contributed by atoms with E-state index in [-0.39, 0.29) is 0 Å². The minimum Gasteiger partial charge on any atom is -0.370 e. The summed E-state index contributed by atoms with van der Waals surface area (Å²) >= 11 is 0. The Morgan fingerprint density at radius 2 is 2.10 bits per heavy atom. The Kier molecular flexibility index (Phi) is 5.29. The molecule has 0 amide bonds. The molecule has 5 heteroatoms. The van der Waals surface area contributed by atoms with Crippen LogP contribution in [0.25, 0.3) is 0 Å². The van der Waals surface area contributed by atoms with Crippen molar-refractivity contribution in [1.82, 2.24) is 15.0 Å². The summed E-state index contributed by atoms with van der Waals surface area (Å²) in [5, 5.41) is 3.34. The normalized spacial score (nSPS) is 10.4. The van der Waals surface area contributed by atoms with Gasteiger partial charge in [-0.25, -0.2) is 4.98 Å². The number of aromatic nitrogens is 3. The molecular formula is C15H21N5. The summed E-state index contributed by atoms with van der Waals surface area (Å²) < 4.78 is 0. The van der Waals surface area contributed by atoms with Crippen molar-refractivity contribution in [3.05, 3.63) is 41.9 Å². The van der Waals surface area contributed by atoms with Gasteiger partial charge in [-0.2, -0.15) is 4.98 Å². The Morgan fingerprint density at radius 3 is 2.85 bits per heavy atom. The van der Waals surface area contributed by atoms with E-state index in [4.69, 9.17) is 5.73 Å². The molecule has 2 heterocycles. The number of rotatable bonds is 7. The van der Waals surface area contributed by atoms with Gasteiger partial charge >= 0.3 is 0 Å². The zero-order chi connectivity index (χ0) is 14.2. The van der Waals surface area contributed by atoms with Gasteiger partial charge < -0.3 is 11.1 Å². The fourth-order valence-corrected chi connectivity index (χ4v) is 1.95. The number of nitrogens with one attached hydrogen (secondary N) is 1. The molecule has 0 fully saturated rings. The van der Waals surface area contributed by atoms with Crippen molar-refractivity contribution in [2.24, 2.45) is 0 Å². The van der Waals surface area contributed by atoms with E-state index in [2.05, 4.69) is 27.2 Å². The summed E-state index contributed by atoms with van der Waals surface area (Å²) in [7, 11) is 0. The van der Waals surface area contributed by atoms with Crippen molar-refractivity contribution in [3.8, 4) is 0 Å². The molecule has 3 N–H and O–H groups in total. The molecule has 0 spiro atoms. The Balaban J connectivity index is 2.02. The largest absolute Gasteiger partial charge is 0.370 e. The number of pyridine rings is 1. The topological polar surface area (TPSA) is 76.7 Å². The van der Waals surface area contributed by atoms with Crippen molar-refractivity contribution < 1.29 is 0 Å². The second-order valence-corrected chi connectivity index (χ2v) is 4.70. The van der Waals surface area contributed by atoms with Gasteiger partial charge in [-0.3, -0.25) is 4.98 Å². The molecule has 2 aromatic rings. The second kappa shape index (κ2) is 7.43. The van der Waals surface area contributed by atoms with Crippen molar-refractivity contribution in [3.63, 3.8) is 0 Å². The zero-order valence-electron chi connectivity index (χ0n) is 11.8. The highest BCUT2D eigenvalue weighted by molar-refractivity contribution is 5.46. The quantitative estimate of drug-likeness (QED) is 0.756. The van der Waals surface area contributed by atoms with Crippen LogP contribution in [0.2, 0.25) is 0 Å². The minimum atomic E-state index is 0.311. The lowest BCUT2D eigenvalue weighted by molar-refractivity contribution is 0.824. The minimum absolute atomic E-state index is 0.311. The molecule has 0 saturated heterocycles. The summed E-state index contributed by atoms with van der Waals surface area (Å²) in [6, 6.07) is 5.96. The van der Waals surface area contributed by atoms with Crippen LogP contribution in [0.1, 0.15) is 31.0 Å². The number of hydrogen-bond acceptors (Lipinski definition) is 5. The third-order valence-corrected chi connectivity index (χ3v) is 3.08. The maximum Gasteiger partial charge on any atom is 0.221 e. The average molecular weight is 271 g/mol. The van der Waals surface area contributed by atoms with E-state index in [1.165, 1.54) is 0 Å². The van der Waals surface area contributed by atoms with Crippen LogP contribution in [0.4, 0.5) is 11.8 Å². The number of hydrogen-bond donors (Lipinski definition) is 2. The first-order chi connectivity index (χ1) is 9.79. The molecule has 0 bridgehead atoms. The lowest BCUT2D eigenvalue weighted by atomic mass is 10.1. The van der Waals surface area contributed by atoms with Crippen LogP contribution in [0.15, 0.2) is 30.6 Å². The van der Waals surface area contributed by atoms with Crippen LogP contribution in [0.5, 0.6) is 0 Å². The van der Waals surface area contributed by atoms with Crippen LogP contribution in [-0.2, 0) is 12.8 Å². The third kappa shape index (κ3) is 4.19. The smallest absolute Gasteiger partial charge is 0.221 e. The molecule has 0 saturated carbocycles. The van der Waals surface area contributed by atoms with Gasteiger partial charge in [0.05, 0.1) is 0 Å². The molecule has 106 valence electrons. The number of nitrogens with two attached hydrogens (primary N) is 1. The Labute approximate surface area is 119 Å². The monoisotopic (exact) mass is 271 g/mol. The fourth-order valence-electron chi connectivity index (χ4n) is 1.95. The van der Waals surface area contributed by atoms with E-state index in [0.29, 0.717) is 5.95 Å². The summed E-state index contributed by atoms with van der Waals surface area (Å²) in [6.45, 7) is 3.07. The van der Waals surface area contributed by atoms with E-state index in [0.717, 1.165) is 49.3 Å². The van der Waals surface area contributed by atoms with E-state index in [1.54, 1.807) is 6.20 Å². The van der Waals surface area contributed by atoms with Crippen molar-refractivity contribution >= 4 is 11.8 Å². The van der Waals surface area contributed by atoms with Crippen LogP contribution < -0.4 is 11.1 Å². The number of nitrogens with zero attached hydrogens (tertiary/aromatic N) is 3. The van der Waals surface area contributed by atoms with E-state index < -0.39 is 0 Å². The first-order valence-electron chi connectivity index (χ1n) is 7.04. The van der Waals surface area contributed by atoms with Gasteiger partial charge in [-0.05, 0) is 31.4 Å². The molecule has 2 rings (SSSR count). The molecule has 0 unspecified atom stereocenters.